The van der Waals surface area contributed by atoms with Gasteiger partial charge in [0.05, 0.1) is 11.8 Å². The highest BCUT2D eigenvalue weighted by Gasteiger charge is 2.11. The van der Waals surface area contributed by atoms with Gasteiger partial charge in [0.2, 0.25) is 5.82 Å². The van der Waals surface area contributed by atoms with Gasteiger partial charge in [0.25, 0.3) is 5.89 Å². The Morgan fingerprint density at radius 1 is 1.10 bits per heavy atom. The van der Waals surface area contributed by atoms with Crippen LogP contribution in [0.25, 0.3) is 22.8 Å². The van der Waals surface area contributed by atoms with E-state index in [4.69, 9.17) is 4.52 Å². The predicted molar refractivity (Wildman–Crippen MR) is 74.0 cm³/mol. The molecule has 0 spiro atoms. The molecule has 0 saturated carbocycles. The highest BCUT2D eigenvalue weighted by molar-refractivity contribution is 5.60. The summed E-state index contributed by atoms with van der Waals surface area (Å²) in [7, 11) is 0. The molecule has 5 heteroatoms. The third-order valence-electron chi connectivity index (χ3n) is 3.02. The Morgan fingerprint density at radius 3 is 2.60 bits per heavy atom. The molecule has 0 aliphatic carbocycles. The molecule has 2 aromatic heterocycles. The molecule has 0 radical (unpaired) electrons. The number of benzene rings is 1. The maximum Gasteiger partial charge on any atom is 0.259 e. The summed E-state index contributed by atoms with van der Waals surface area (Å²) in [6.07, 6.45) is 3.91. The molecule has 0 saturated heterocycles. The summed E-state index contributed by atoms with van der Waals surface area (Å²) in [6.45, 7) is 2.11. The monoisotopic (exact) mass is 267 g/mol. The summed E-state index contributed by atoms with van der Waals surface area (Å²) >= 11 is 0. The summed E-state index contributed by atoms with van der Waals surface area (Å²) < 4.78 is 5.20. The molecule has 0 atom stereocenters. The molecule has 0 unspecified atom stereocenters. The van der Waals surface area contributed by atoms with E-state index in [1.54, 1.807) is 6.20 Å². The first-order valence-electron chi connectivity index (χ1n) is 6.33. The number of aryl methyl sites for hydroxylation is 1. The van der Waals surface area contributed by atoms with E-state index in [1.165, 1.54) is 17.8 Å². The third-order valence-corrected chi connectivity index (χ3v) is 3.02. The van der Waals surface area contributed by atoms with E-state index in [-0.39, 0.29) is 5.75 Å². The first kappa shape index (κ1) is 12.3. The molecule has 20 heavy (non-hydrogen) atoms. The van der Waals surface area contributed by atoms with Crippen LogP contribution >= 0.6 is 0 Å². The average molecular weight is 267 g/mol. The molecule has 3 rings (SSSR count). The van der Waals surface area contributed by atoms with Crippen molar-refractivity contribution in [3.05, 3.63) is 48.3 Å². The van der Waals surface area contributed by atoms with E-state index < -0.39 is 0 Å². The lowest BCUT2D eigenvalue weighted by Crippen LogP contribution is -1.84. The number of rotatable bonds is 3. The minimum Gasteiger partial charge on any atom is -0.506 e. The second-order valence-corrected chi connectivity index (χ2v) is 4.41. The quantitative estimate of drug-likeness (QED) is 0.789. The lowest BCUT2D eigenvalue weighted by molar-refractivity contribution is 0.431. The minimum atomic E-state index is 0.0644. The second kappa shape index (κ2) is 5.13. The first-order valence-corrected chi connectivity index (χ1v) is 6.33. The molecule has 0 amide bonds. The van der Waals surface area contributed by atoms with Crippen molar-refractivity contribution in [2.45, 2.75) is 13.3 Å². The maximum absolute atomic E-state index is 9.40. The smallest absolute Gasteiger partial charge is 0.259 e. The normalized spacial score (nSPS) is 10.7. The van der Waals surface area contributed by atoms with Crippen molar-refractivity contribution in [3.63, 3.8) is 0 Å². The number of nitrogens with zero attached hydrogens (tertiary/aromatic N) is 3. The third kappa shape index (κ3) is 2.38. The van der Waals surface area contributed by atoms with Gasteiger partial charge in [-0.2, -0.15) is 4.98 Å². The van der Waals surface area contributed by atoms with Crippen LogP contribution in [-0.4, -0.2) is 20.2 Å². The average Bonchev–Trinajstić information content (AvgIpc) is 2.97. The van der Waals surface area contributed by atoms with E-state index in [1.807, 2.05) is 24.3 Å². The van der Waals surface area contributed by atoms with Gasteiger partial charge in [-0.25, -0.2) is 0 Å². The van der Waals surface area contributed by atoms with Gasteiger partial charge in [0, 0.05) is 11.8 Å². The first-order chi connectivity index (χ1) is 9.76. The van der Waals surface area contributed by atoms with Gasteiger partial charge in [-0.05, 0) is 18.1 Å². The molecule has 100 valence electrons. The van der Waals surface area contributed by atoms with Crippen molar-refractivity contribution in [2.75, 3.05) is 0 Å². The highest BCUT2D eigenvalue weighted by Crippen LogP contribution is 2.23. The molecule has 0 aliphatic rings. The molecule has 0 bridgehead atoms. The van der Waals surface area contributed by atoms with Crippen molar-refractivity contribution in [2.24, 2.45) is 0 Å². The molecule has 1 aromatic carbocycles. The molecule has 0 fully saturated rings. The van der Waals surface area contributed by atoms with E-state index in [0.717, 1.165) is 12.0 Å². The van der Waals surface area contributed by atoms with Crippen LogP contribution in [0.4, 0.5) is 0 Å². The molecule has 5 nitrogen and oxygen atoms in total. The molecule has 3 aromatic rings. The van der Waals surface area contributed by atoms with Crippen LogP contribution < -0.4 is 0 Å². The summed E-state index contributed by atoms with van der Waals surface area (Å²) in [4.78, 5) is 8.21. The number of hydrogen-bond donors (Lipinski definition) is 1. The largest absolute Gasteiger partial charge is 0.506 e. The van der Waals surface area contributed by atoms with Gasteiger partial charge in [-0.1, -0.05) is 36.3 Å². The molecular formula is C15H13N3O2. The van der Waals surface area contributed by atoms with Gasteiger partial charge < -0.3 is 9.63 Å². The Kier molecular flexibility index (Phi) is 3.16. The Bertz CT molecular complexity index is 720. The van der Waals surface area contributed by atoms with Crippen molar-refractivity contribution >= 4 is 0 Å². The van der Waals surface area contributed by atoms with Gasteiger partial charge >= 0.3 is 0 Å². The van der Waals surface area contributed by atoms with Crippen LogP contribution in [0.5, 0.6) is 5.75 Å². The highest BCUT2D eigenvalue weighted by atomic mass is 16.5. The molecular weight excluding hydrogens is 254 g/mol. The van der Waals surface area contributed by atoms with E-state index >= 15 is 0 Å². The van der Waals surface area contributed by atoms with Crippen molar-refractivity contribution in [1.29, 1.82) is 0 Å². The van der Waals surface area contributed by atoms with Crippen LogP contribution in [0.1, 0.15) is 12.5 Å². The lowest BCUT2D eigenvalue weighted by Gasteiger charge is -1.97. The van der Waals surface area contributed by atoms with Crippen LogP contribution in [0.3, 0.4) is 0 Å². The van der Waals surface area contributed by atoms with Crippen LogP contribution in [0.15, 0.2) is 47.2 Å². The number of aromatic nitrogens is 3. The zero-order chi connectivity index (χ0) is 13.9. The number of aromatic hydroxyl groups is 1. The van der Waals surface area contributed by atoms with Gasteiger partial charge in [0.15, 0.2) is 0 Å². The maximum atomic E-state index is 9.40. The van der Waals surface area contributed by atoms with Gasteiger partial charge in [0.1, 0.15) is 5.75 Å². The SMILES string of the molecule is CCc1ccc(-c2noc(-c3cncc(O)c3)n2)cc1. The van der Waals surface area contributed by atoms with Crippen LogP contribution in [0.2, 0.25) is 0 Å². The molecule has 1 N–H and O–H groups in total. The summed E-state index contributed by atoms with van der Waals surface area (Å²) in [6, 6.07) is 9.55. The van der Waals surface area contributed by atoms with Crippen LogP contribution in [-0.2, 0) is 6.42 Å². The Balaban J connectivity index is 1.93. The van der Waals surface area contributed by atoms with E-state index in [9.17, 15) is 5.11 Å². The Labute approximate surface area is 115 Å². The number of pyridine rings is 1. The standard InChI is InChI=1S/C15H13N3O2/c1-2-10-3-5-11(6-4-10)14-17-15(20-18-14)12-7-13(19)9-16-8-12/h3-9,19H,2H2,1H3. The fourth-order valence-electron chi connectivity index (χ4n) is 1.89. The summed E-state index contributed by atoms with van der Waals surface area (Å²) in [5.74, 6) is 0.920. The van der Waals surface area contributed by atoms with Crippen molar-refractivity contribution < 1.29 is 9.63 Å². The number of hydrogen-bond acceptors (Lipinski definition) is 5. The molecule has 0 aliphatic heterocycles. The Morgan fingerprint density at radius 2 is 1.90 bits per heavy atom. The molecule has 2 heterocycles. The zero-order valence-corrected chi connectivity index (χ0v) is 10.9. The zero-order valence-electron chi connectivity index (χ0n) is 10.9. The van der Waals surface area contributed by atoms with E-state index in [2.05, 4.69) is 22.0 Å². The van der Waals surface area contributed by atoms with Gasteiger partial charge in [-0.15, -0.1) is 0 Å². The summed E-state index contributed by atoms with van der Waals surface area (Å²) in [5, 5.41) is 13.4. The van der Waals surface area contributed by atoms with Crippen LogP contribution in [0, 0.1) is 0 Å². The fourth-order valence-corrected chi connectivity index (χ4v) is 1.89. The Hall–Kier alpha value is -2.69. The van der Waals surface area contributed by atoms with E-state index in [0.29, 0.717) is 17.3 Å². The predicted octanol–water partition coefficient (Wildman–Crippen LogP) is 3.07. The minimum absolute atomic E-state index is 0.0644. The summed E-state index contributed by atoms with van der Waals surface area (Å²) in [5.41, 5.74) is 2.74. The van der Waals surface area contributed by atoms with Gasteiger partial charge in [-0.3, -0.25) is 4.98 Å². The second-order valence-electron chi connectivity index (χ2n) is 4.41. The lowest BCUT2D eigenvalue weighted by atomic mass is 10.1. The van der Waals surface area contributed by atoms with Crippen molar-refractivity contribution in [1.82, 2.24) is 15.1 Å². The topological polar surface area (TPSA) is 72.0 Å². The fraction of sp³-hybridized carbons (Fsp3) is 0.133. The van der Waals surface area contributed by atoms with Crippen molar-refractivity contribution in [3.8, 4) is 28.6 Å².